The van der Waals surface area contributed by atoms with Gasteiger partial charge in [-0.2, -0.15) is 0 Å². The highest BCUT2D eigenvalue weighted by atomic mass is 32.2. The molecule has 4 nitrogen and oxygen atoms in total. The van der Waals surface area contributed by atoms with Crippen molar-refractivity contribution in [1.82, 2.24) is 5.32 Å². The number of carbonyl (C=O) groups is 2. The number of hydrogen-bond acceptors (Lipinski definition) is 3. The third-order valence-corrected chi connectivity index (χ3v) is 6.41. The van der Waals surface area contributed by atoms with Crippen LogP contribution in [0.15, 0.2) is 65.6 Å². The lowest BCUT2D eigenvalue weighted by Crippen LogP contribution is -2.35. The number of thioether (sulfide) groups is 1. The quantitative estimate of drug-likeness (QED) is 0.614. The van der Waals surface area contributed by atoms with E-state index >= 15 is 0 Å². The maximum absolute atomic E-state index is 13.1. The van der Waals surface area contributed by atoms with Gasteiger partial charge in [0.15, 0.2) is 0 Å². The van der Waals surface area contributed by atoms with Crippen molar-refractivity contribution in [1.29, 1.82) is 0 Å². The van der Waals surface area contributed by atoms with Crippen molar-refractivity contribution in [2.45, 2.75) is 31.8 Å². The fourth-order valence-corrected chi connectivity index (χ4v) is 4.46. The Labute approximate surface area is 185 Å². The van der Waals surface area contributed by atoms with Gasteiger partial charge in [0.2, 0.25) is 5.91 Å². The number of halogens is 1. The number of hydrogen-bond donors (Lipinski definition) is 1. The summed E-state index contributed by atoms with van der Waals surface area (Å²) in [6.07, 6.45) is 0. The monoisotopic (exact) mass is 434 g/mol. The van der Waals surface area contributed by atoms with Crippen molar-refractivity contribution in [3.8, 4) is 0 Å². The SMILES string of the molecule is Cc1ccc(C)c(CN2C(=O)CSc3ccc(C(=O)NCc4ccc(F)cc4)cc32)c1. The molecule has 0 radical (unpaired) electrons. The molecule has 3 aromatic carbocycles. The summed E-state index contributed by atoms with van der Waals surface area (Å²) < 4.78 is 13.1. The molecule has 31 heavy (non-hydrogen) atoms. The van der Waals surface area contributed by atoms with Crippen LogP contribution >= 0.6 is 11.8 Å². The second-order valence-electron chi connectivity index (χ2n) is 7.69. The number of carbonyl (C=O) groups excluding carboxylic acids is 2. The largest absolute Gasteiger partial charge is 0.348 e. The molecular formula is C25H23FN2O2S. The highest BCUT2D eigenvalue weighted by Gasteiger charge is 2.26. The van der Waals surface area contributed by atoms with Gasteiger partial charge in [-0.1, -0.05) is 35.9 Å². The number of aryl methyl sites for hydroxylation is 2. The number of rotatable bonds is 5. The molecule has 1 aliphatic heterocycles. The molecule has 0 fully saturated rings. The van der Waals surface area contributed by atoms with Gasteiger partial charge in [0.25, 0.3) is 5.91 Å². The van der Waals surface area contributed by atoms with Gasteiger partial charge in [0.05, 0.1) is 18.0 Å². The van der Waals surface area contributed by atoms with Crippen molar-refractivity contribution < 1.29 is 14.0 Å². The summed E-state index contributed by atoms with van der Waals surface area (Å²) in [6.45, 7) is 4.85. The Kier molecular flexibility index (Phi) is 6.09. The highest BCUT2D eigenvalue weighted by Crippen LogP contribution is 2.37. The molecule has 2 amide bonds. The lowest BCUT2D eigenvalue weighted by Gasteiger charge is -2.30. The standard InChI is InChI=1S/C25H23FN2O2S/c1-16-3-4-17(2)20(11-16)14-28-22-12-19(7-10-23(22)31-15-24(28)29)25(30)27-13-18-5-8-21(26)9-6-18/h3-12H,13-15H2,1-2H3,(H,27,30). The maximum atomic E-state index is 13.1. The summed E-state index contributed by atoms with van der Waals surface area (Å²) in [5.74, 6) is -0.131. The zero-order chi connectivity index (χ0) is 22.0. The van der Waals surface area contributed by atoms with E-state index in [1.165, 1.54) is 23.9 Å². The van der Waals surface area contributed by atoms with E-state index in [4.69, 9.17) is 0 Å². The minimum absolute atomic E-state index is 0.0299. The summed E-state index contributed by atoms with van der Waals surface area (Å²) in [5, 5.41) is 2.86. The Balaban J connectivity index is 1.56. The van der Waals surface area contributed by atoms with E-state index in [1.54, 1.807) is 29.2 Å². The Morgan fingerprint density at radius 2 is 1.84 bits per heavy atom. The van der Waals surface area contributed by atoms with Crippen molar-refractivity contribution in [3.63, 3.8) is 0 Å². The Hall–Kier alpha value is -3.12. The van der Waals surface area contributed by atoms with Crippen LogP contribution in [0.5, 0.6) is 0 Å². The molecule has 1 heterocycles. The van der Waals surface area contributed by atoms with Gasteiger partial charge in [0, 0.05) is 17.0 Å². The molecule has 0 saturated heterocycles. The molecule has 0 saturated carbocycles. The number of nitrogens with one attached hydrogen (secondary N) is 1. The van der Waals surface area contributed by atoms with Crippen LogP contribution in [0.25, 0.3) is 0 Å². The summed E-state index contributed by atoms with van der Waals surface area (Å²) in [5.41, 5.74) is 5.44. The predicted molar refractivity (Wildman–Crippen MR) is 122 cm³/mol. The summed E-state index contributed by atoms with van der Waals surface area (Å²) >= 11 is 1.49. The summed E-state index contributed by atoms with van der Waals surface area (Å²) in [6, 6.07) is 17.7. The predicted octanol–water partition coefficient (Wildman–Crippen LogP) is 5.01. The van der Waals surface area contributed by atoms with Crippen molar-refractivity contribution in [2.75, 3.05) is 10.7 Å². The Bertz CT molecular complexity index is 1140. The number of fused-ring (bicyclic) bond motifs is 1. The van der Waals surface area contributed by atoms with E-state index in [2.05, 4.69) is 23.5 Å². The van der Waals surface area contributed by atoms with Crippen LogP contribution in [-0.4, -0.2) is 17.6 Å². The second-order valence-corrected chi connectivity index (χ2v) is 8.71. The number of amides is 2. The first-order valence-electron chi connectivity index (χ1n) is 10.1. The zero-order valence-corrected chi connectivity index (χ0v) is 18.3. The zero-order valence-electron chi connectivity index (χ0n) is 17.4. The van der Waals surface area contributed by atoms with Gasteiger partial charge >= 0.3 is 0 Å². The van der Waals surface area contributed by atoms with E-state index in [0.29, 0.717) is 24.4 Å². The first-order valence-corrected chi connectivity index (χ1v) is 11.1. The highest BCUT2D eigenvalue weighted by molar-refractivity contribution is 8.00. The number of anilines is 1. The fraction of sp³-hybridized carbons (Fsp3) is 0.200. The van der Waals surface area contributed by atoms with E-state index in [0.717, 1.165) is 32.8 Å². The molecular weight excluding hydrogens is 411 g/mol. The maximum Gasteiger partial charge on any atom is 0.251 e. The van der Waals surface area contributed by atoms with E-state index in [1.807, 2.05) is 19.9 Å². The van der Waals surface area contributed by atoms with Crippen LogP contribution in [0.4, 0.5) is 10.1 Å². The minimum atomic E-state index is -0.309. The molecule has 0 bridgehead atoms. The molecule has 0 atom stereocenters. The first-order chi connectivity index (χ1) is 14.9. The molecule has 1 N–H and O–H groups in total. The number of nitrogens with zero attached hydrogens (tertiary/aromatic N) is 1. The van der Waals surface area contributed by atoms with Gasteiger partial charge < -0.3 is 10.2 Å². The van der Waals surface area contributed by atoms with Crippen LogP contribution < -0.4 is 10.2 Å². The molecule has 6 heteroatoms. The van der Waals surface area contributed by atoms with Gasteiger partial charge in [-0.25, -0.2) is 4.39 Å². The minimum Gasteiger partial charge on any atom is -0.348 e. The molecule has 3 aromatic rings. The summed E-state index contributed by atoms with van der Waals surface area (Å²) in [4.78, 5) is 28.2. The van der Waals surface area contributed by atoms with Gasteiger partial charge in [-0.3, -0.25) is 9.59 Å². The normalized spacial score (nSPS) is 13.1. The molecule has 0 aromatic heterocycles. The number of benzene rings is 3. The third kappa shape index (κ3) is 4.80. The lowest BCUT2D eigenvalue weighted by atomic mass is 10.0. The molecule has 1 aliphatic rings. The van der Waals surface area contributed by atoms with Crippen LogP contribution in [-0.2, 0) is 17.9 Å². The van der Waals surface area contributed by atoms with Crippen molar-refractivity contribution in [3.05, 3.63) is 94.3 Å². The van der Waals surface area contributed by atoms with E-state index in [-0.39, 0.29) is 17.6 Å². The van der Waals surface area contributed by atoms with Crippen LogP contribution in [0.3, 0.4) is 0 Å². The van der Waals surface area contributed by atoms with Crippen molar-refractivity contribution in [2.24, 2.45) is 0 Å². The molecule has 158 valence electrons. The van der Waals surface area contributed by atoms with Crippen LogP contribution in [0.2, 0.25) is 0 Å². The fourth-order valence-electron chi connectivity index (χ4n) is 3.54. The van der Waals surface area contributed by atoms with Crippen molar-refractivity contribution >= 4 is 29.3 Å². The topological polar surface area (TPSA) is 49.4 Å². The molecule has 0 spiro atoms. The van der Waals surface area contributed by atoms with E-state index in [9.17, 15) is 14.0 Å². The third-order valence-electron chi connectivity index (χ3n) is 5.36. The van der Waals surface area contributed by atoms with Crippen LogP contribution in [0.1, 0.15) is 32.6 Å². The first kappa shape index (κ1) is 21.1. The molecule has 0 aliphatic carbocycles. The smallest absolute Gasteiger partial charge is 0.251 e. The van der Waals surface area contributed by atoms with Gasteiger partial charge in [-0.05, 0) is 60.9 Å². The van der Waals surface area contributed by atoms with E-state index < -0.39 is 0 Å². The lowest BCUT2D eigenvalue weighted by molar-refractivity contribution is -0.116. The summed E-state index contributed by atoms with van der Waals surface area (Å²) in [7, 11) is 0. The average Bonchev–Trinajstić information content (AvgIpc) is 2.77. The Morgan fingerprint density at radius 3 is 2.61 bits per heavy atom. The molecule has 0 unspecified atom stereocenters. The van der Waals surface area contributed by atoms with Gasteiger partial charge in [0.1, 0.15) is 5.82 Å². The molecule has 4 rings (SSSR count). The second kappa shape index (κ2) is 8.94. The Morgan fingerprint density at radius 1 is 1.06 bits per heavy atom. The average molecular weight is 435 g/mol. The van der Waals surface area contributed by atoms with Crippen LogP contribution in [0, 0.1) is 19.7 Å². The van der Waals surface area contributed by atoms with Gasteiger partial charge in [-0.15, -0.1) is 11.8 Å².